The van der Waals surface area contributed by atoms with E-state index in [0.29, 0.717) is 28.1 Å². The largest absolute Gasteiger partial charge is 0.348 e. The van der Waals surface area contributed by atoms with E-state index >= 15 is 0 Å². The Morgan fingerprint density at radius 2 is 1.77 bits per heavy atom. The van der Waals surface area contributed by atoms with E-state index in [1.807, 2.05) is 42.5 Å². The Labute approximate surface area is 191 Å². The minimum Gasteiger partial charge on any atom is -0.348 e. The van der Waals surface area contributed by atoms with Crippen molar-refractivity contribution in [3.63, 3.8) is 0 Å². The van der Waals surface area contributed by atoms with Crippen molar-refractivity contribution in [1.29, 1.82) is 0 Å². The van der Waals surface area contributed by atoms with Crippen LogP contribution in [0.2, 0.25) is 5.02 Å². The molecular formula is C24H24ClN3O2S. The van der Waals surface area contributed by atoms with Crippen LogP contribution in [0.25, 0.3) is 0 Å². The van der Waals surface area contributed by atoms with Crippen molar-refractivity contribution in [3.8, 4) is 0 Å². The molecule has 1 heterocycles. The summed E-state index contributed by atoms with van der Waals surface area (Å²) < 4.78 is 0. The minimum absolute atomic E-state index is 0.147. The molecule has 0 aliphatic carbocycles. The quantitative estimate of drug-likeness (QED) is 0.440. The molecule has 2 amide bonds. The van der Waals surface area contributed by atoms with Crippen LogP contribution in [0.5, 0.6) is 0 Å². The molecule has 3 aromatic rings. The summed E-state index contributed by atoms with van der Waals surface area (Å²) in [6, 6.07) is 18.5. The van der Waals surface area contributed by atoms with E-state index < -0.39 is 0 Å². The molecule has 0 fully saturated rings. The fourth-order valence-corrected chi connectivity index (χ4v) is 3.87. The molecule has 2 N–H and O–H groups in total. The Kier molecular flexibility index (Phi) is 8.09. The number of halogens is 1. The second-order valence-corrected chi connectivity index (χ2v) is 8.62. The number of carbonyl (C=O) groups excluding carboxylic acids is 2. The van der Waals surface area contributed by atoms with Gasteiger partial charge in [-0.1, -0.05) is 67.5 Å². The first kappa shape index (κ1) is 22.8. The van der Waals surface area contributed by atoms with Crippen LogP contribution >= 0.6 is 23.4 Å². The van der Waals surface area contributed by atoms with Crippen molar-refractivity contribution in [3.05, 3.63) is 88.6 Å². The second kappa shape index (κ2) is 11.0. The third kappa shape index (κ3) is 6.57. The molecule has 160 valence electrons. The highest BCUT2D eigenvalue weighted by molar-refractivity contribution is 8.00. The number of hydrogen-bond acceptors (Lipinski definition) is 4. The number of aromatic nitrogens is 1. The van der Waals surface area contributed by atoms with Gasteiger partial charge in [0.05, 0.1) is 11.3 Å². The Morgan fingerprint density at radius 1 is 1.03 bits per heavy atom. The van der Waals surface area contributed by atoms with Crippen LogP contribution in [-0.4, -0.2) is 22.6 Å². The molecule has 0 saturated carbocycles. The van der Waals surface area contributed by atoms with E-state index in [9.17, 15) is 9.59 Å². The number of thioether (sulfide) groups is 1. The van der Waals surface area contributed by atoms with Gasteiger partial charge in [0, 0.05) is 23.5 Å². The van der Waals surface area contributed by atoms with Crippen LogP contribution in [0.4, 0.5) is 5.69 Å². The van der Waals surface area contributed by atoms with E-state index in [-0.39, 0.29) is 17.6 Å². The number of amides is 2. The molecule has 5 nitrogen and oxygen atoms in total. The third-order valence-electron chi connectivity index (χ3n) is 4.61. The van der Waals surface area contributed by atoms with Gasteiger partial charge in [0.2, 0.25) is 5.91 Å². The van der Waals surface area contributed by atoms with Crippen molar-refractivity contribution < 1.29 is 9.59 Å². The topological polar surface area (TPSA) is 71.1 Å². The lowest BCUT2D eigenvalue weighted by molar-refractivity contribution is -0.113. The average molecular weight is 454 g/mol. The predicted octanol–water partition coefficient (Wildman–Crippen LogP) is 5.52. The lowest BCUT2D eigenvalue weighted by Crippen LogP contribution is -2.24. The number of hydrogen-bond donors (Lipinski definition) is 2. The van der Waals surface area contributed by atoms with Crippen LogP contribution in [-0.2, 0) is 11.3 Å². The summed E-state index contributed by atoms with van der Waals surface area (Å²) in [5, 5.41) is 6.84. The van der Waals surface area contributed by atoms with Crippen LogP contribution < -0.4 is 10.6 Å². The molecule has 0 bridgehead atoms. The van der Waals surface area contributed by atoms with Gasteiger partial charge in [-0.2, -0.15) is 0 Å². The van der Waals surface area contributed by atoms with E-state index in [1.54, 1.807) is 24.4 Å². The Balaban J connectivity index is 1.57. The van der Waals surface area contributed by atoms with Gasteiger partial charge in [-0.25, -0.2) is 4.98 Å². The summed E-state index contributed by atoms with van der Waals surface area (Å²) in [6.45, 7) is 4.56. The molecule has 7 heteroatoms. The number of rotatable bonds is 8. The molecule has 31 heavy (non-hydrogen) atoms. The molecule has 0 saturated heterocycles. The maximum Gasteiger partial charge on any atom is 0.254 e. The van der Waals surface area contributed by atoms with Crippen molar-refractivity contribution in [2.75, 3.05) is 11.1 Å². The first-order valence-electron chi connectivity index (χ1n) is 9.93. The highest BCUT2D eigenvalue weighted by Gasteiger charge is 2.14. The van der Waals surface area contributed by atoms with Gasteiger partial charge in [0.1, 0.15) is 5.03 Å². The minimum atomic E-state index is -0.264. The van der Waals surface area contributed by atoms with Gasteiger partial charge in [-0.3, -0.25) is 9.59 Å². The standard InChI is InChI=1S/C24H24ClN3O2S/c1-16(2)17-9-11-19(12-10-17)28-22(29)15-31-24-20(7-5-13-26-24)23(30)27-14-18-6-3-4-8-21(18)25/h3-13,16H,14-15H2,1-2H3,(H,27,30)(H,28,29). The van der Waals surface area contributed by atoms with E-state index in [1.165, 1.54) is 17.3 Å². The zero-order chi connectivity index (χ0) is 22.2. The number of anilines is 1. The first-order valence-corrected chi connectivity index (χ1v) is 11.3. The van der Waals surface area contributed by atoms with E-state index in [2.05, 4.69) is 29.5 Å². The molecule has 3 rings (SSSR count). The zero-order valence-electron chi connectivity index (χ0n) is 17.4. The summed E-state index contributed by atoms with van der Waals surface area (Å²) in [4.78, 5) is 29.3. The van der Waals surface area contributed by atoms with Crippen LogP contribution in [0.3, 0.4) is 0 Å². The monoisotopic (exact) mass is 453 g/mol. The Bertz CT molecular complexity index is 1050. The molecular weight excluding hydrogens is 430 g/mol. The van der Waals surface area contributed by atoms with Gasteiger partial charge >= 0.3 is 0 Å². The highest BCUT2D eigenvalue weighted by atomic mass is 35.5. The molecule has 0 atom stereocenters. The van der Waals surface area contributed by atoms with Gasteiger partial charge in [-0.15, -0.1) is 0 Å². The Morgan fingerprint density at radius 3 is 2.48 bits per heavy atom. The molecule has 0 spiro atoms. The third-order valence-corrected chi connectivity index (χ3v) is 5.99. The van der Waals surface area contributed by atoms with Gasteiger partial charge in [0.25, 0.3) is 5.91 Å². The summed E-state index contributed by atoms with van der Waals surface area (Å²) in [7, 11) is 0. The van der Waals surface area contributed by atoms with Crippen LogP contribution in [0, 0.1) is 0 Å². The van der Waals surface area contributed by atoms with Crippen molar-refractivity contribution >= 4 is 40.9 Å². The molecule has 0 radical (unpaired) electrons. The summed E-state index contributed by atoms with van der Waals surface area (Å²) in [5.41, 5.74) is 3.22. The maximum absolute atomic E-state index is 12.7. The summed E-state index contributed by atoms with van der Waals surface area (Å²) in [5.74, 6) is 0.163. The first-order chi connectivity index (χ1) is 14.9. The second-order valence-electron chi connectivity index (χ2n) is 7.24. The number of nitrogens with zero attached hydrogens (tertiary/aromatic N) is 1. The lowest BCUT2D eigenvalue weighted by Gasteiger charge is -2.11. The molecule has 0 aliphatic heterocycles. The van der Waals surface area contributed by atoms with Crippen molar-refractivity contribution in [1.82, 2.24) is 10.3 Å². The van der Waals surface area contributed by atoms with Gasteiger partial charge < -0.3 is 10.6 Å². The smallest absolute Gasteiger partial charge is 0.254 e. The van der Waals surface area contributed by atoms with Gasteiger partial charge in [-0.05, 0) is 47.4 Å². The van der Waals surface area contributed by atoms with E-state index in [0.717, 1.165) is 11.3 Å². The molecule has 2 aromatic carbocycles. The molecule has 0 aliphatic rings. The van der Waals surface area contributed by atoms with Crippen molar-refractivity contribution in [2.45, 2.75) is 31.3 Å². The number of nitrogens with one attached hydrogen (secondary N) is 2. The van der Waals surface area contributed by atoms with Crippen LogP contribution in [0.1, 0.15) is 41.3 Å². The maximum atomic E-state index is 12.7. The zero-order valence-corrected chi connectivity index (χ0v) is 19.0. The fourth-order valence-electron chi connectivity index (χ4n) is 2.87. The molecule has 0 unspecified atom stereocenters. The Hall–Kier alpha value is -2.83. The number of carbonyl (C=O) groups is 2. The number of benzene rings is 2. The fraction of sp³-hybridized carbons (Fsp3) is 0.208. The normalized spacial score (nSPS) is 10.7. The van der Waals surface area contributed by atoms with Crippen molar-refractivity contribution in [2.24, 2.45) is 0 Å². The van der Waals surface area contributed by atoms with Gasteiger partial charge in [0.15, 0.2) is 0 Å². The predicted molar refractivity (Wildman–Crippen MR) is 127 cm³/mol. The summed E-state index contributed by atoms with van der Waals surface area (Å²) >= 11 is 7.37. The average Bonchev–Trinajstić information content (AvgIpc) is 2.77. The number of pyridine rings is 1. The van der Waals surface area contributed by atoms with Crippen LogP contribution in [0.15, 0.2) is 71.9 Å². The molecule has 1 aromatic heterocycles. The summed E-state index contributed by atoms with van der Waals surface area (Å²) in [6.07, 6.45) is 1.61. The highest BCUT2D eigenvalue weighted by Crippen LogP contribution is 2.22. The lowest BCUT2D eigenvalue weighted by atomic mass is 10.0. The SMILES string of the molecule is CC(C)c1ccc(NC(=O)CSc2ncccc2C(=O)NCc2ccccc2Cl)cc1. The van der Waals surface area contributed by atoms with E-state index in [4.69, 9.17) is 11.6 Å².